The minimum Gasteiger partial charge on any atom is -0.207 e. The molecular formula is C9H9ClFNO4S2. The maximum Gasteiger partial charge on any atom is 0.261 e. The van der Waals surface area contributed by atoms with Crippen LogP contribution in [0.25, 0.3) is 0 Å². The Balaban J connectivity index is 3.26. The van der Waals surface area contributed by atoms with Crippen molar-refractivity contribution in [2.45, 2.75) is 9.79 Å². The highest BCUT2D eigenvalue weighted by atomic mass is 35.7. The van der Waals surface area contributed by atoms with Gasteiger partial charge in [0, 0.05) is 17.2 Å². The molecule has 0 saturated heterocycles. The standard InChI is InChI=1S/C9H9ClFNO4S2/c1-2-5-12-18(15,16)9-4-3-7(6-8(9)11)17(10,13)14/h2-4,6,12H,1,5H2. The fraction of sp³-hybridized carbons (Fsp3) is 0.111. The van der Waals surface area contributed by atoms with Crippen molar-refractivity contribution >= 4 is 29.8 Å². The molecule has 0 unspecified atom stereocenters. The Kier molecular flexibility index (Phi) is 4.49. The highest BCUT2D eigenvalue weighted by Crippen LogP contribution is 2.21. The van der Waals surface area contributed by atoms with Gasteiger partial charge in [-0.25, -0.2) is 25.9 Å². The van der Waals surface area contributed by atoms with Crippen LogP contribution in [0.3, 0.4) is 0 Å². The largest absolute Gasteiger partial charge is 0.261 e. The van der Waals surface area contributed by atoms with Gasteiger partial charge in [-0.05, 0) is 18.2 Å². The summed E-state index contributed by atoms with van der Waals surface area (Å²) in [6.45, 7) is 3.24. The third-order valence-electron chi connectivity index (χ3n) is 1.89. The van der Waals surface area contributed by atoms with Crippen LogP contribution in [0.15, 0.2) is 40.6 Å². The number of hydrogen-bond acceptors (Lipinski definition) is 4. The minimum atomic E-state index is -4.10. The molecule has 0 aliphatic carbocycles. The molecule has 0 aliphatic heterocycles. The Hall–Kier alpha value is -0.960. The lowest BCUT2D eigenvalue weighted by Crippen LogP contribution is -2.24. The molecule has 18 heavy (non-hydrogen) atoms. The van der Waals surface area contributed by atoms with Crippen LogP contribution in [0.4, 0.5) is 4.39 Å². The average molecular weight is 314 g/mol. The second-order valence-corrected chi connectivity index (χ2v) is 7.47. The predicted molar refractivity (Wildman–Crippen MR) is 64.8 cm³/mol. The molecule has 0 bridgehead atoms. The monoisotopic (exact) mass is 313 g/mol. The van der Waals surface area contributed by atoms with E-state index < -0.39 is 34.7 Å². The molecular weight excluding hydrogens is 305 g/mol. The summed E-state index contributed by atoms with van der Waals surface area (Å²) >= 11 is 0. The molecule has 0 saturated carbocycles. The van der Waals surface area contributed by atoms with Gasteiger partial charge in [-0.15, -0.1) is 6.58 Å². The van der Waals surface area contributed by atoms with Gasteiger partial charge >= 0.3 is 0 Å². The zero-order valence-electron chi connectivity index (χ0n) is 8.93. The Labute approximate surface area is 109 Å². The lowest BCUT2D eigenvalue weighted by atomic mass is 10.3. The van der Waals surface area contributed by atoms with Crippen molar-refractivity contribution < 1.29 is 21.2 Å². The molecule has 1 rings (SSSR count). The van der Waals surface area contributed by atoms with E-state index in [1.54, 1.807) is 0 Å². The lowest BCUT2D eigenvalue weighted by Gasteiger charge is -2.06. The average Bonchev–Trinajstić information content (AvgIpc) is 2.24. The third kappa shape index (κ3) is 3.52. The number of benzene rings is 1. The molecule has 1 aromatic carbocycles. The van der Waals surface area contributed by atoms with E-state index >= 15 is 0 Å². The molecule has 1 aromatic rings. The normalized spacial score (nSPS) is 12.3. The molecule has 0 spiro atoms. The van der Waals surface area contributed by atoms with Crippen LogP contribution in [0, 0.1) is 5.82 Å². The van der Waals surface area contributed by atoms with E-state index in [2.05, 4.69) is 11.3 Å². The van der Waals surface area contributed by atoms with E-state index in [0.29, 0.717) is 6.07 Å². The SMILES string of the molecule is C=CCNS(=O)(=O)c1ccc(S(=O)(=O)Cl)cc1F. The van der Waals surface area contributed by atoms with Crippen LogP contribution in [0.5, 0.6) is 0 Å². The number of nitrogens with one attached hydrogen (secondary N) is 1. The maximum absolute atomic E-state index is 13.5. The number of rotatable bonds is 5. The lowest BCUT2D eigenvalue weighted by molar-refractivity contribution is 0.556. The van der Waals surface area contributed by atoms with Crippen LogP contribution in [-0.2, 0) is 19.1 Å². The van der Waals surface area contributed by atoms with Gasteiger partial charge in [-0.1, -0.05) is 6.08 Å². The van der Waals surface area contributed by atoms with Gasteiger partial charge < -0.3 is 0 Å². The summed E-state index contributed by atoms with van der Waals surface area (Å²) in [6.07, 6.45) is 1.28. The van der Waals surface area contributed by atoms with Crippen molar-refractivity contribution in [1.29, 1.82) is 0 Å². The van der Waals surface area contributed by atoms with Crippen molar-refractivity contribution in [1.82, 2.24) is 4.72 Å². The van der Waals surface area contributed by atoms with E-state index in [1.807, 2.05) is 0 Å². The van der Waals surface area contributed by atoms with Crippen molar-refractivity contribution in [3.8, 4) is 0 Å². The first-order valence-corrected chi connectivity index (χ1v) is 8.32. The van der Waals surface area contributed by atoms with Crippen LogP contribution in [0.1, 0.15) is 0 Å². The summed E-state index contributed by atoms with van der Waals surface area (Å²) in [6, 6.07) is 2.29. The Morgan fingerprint density at radius 2 is 1.94 bits per heavy atom. The fourth-order valence-corrected chi connectivity index (χ4v) is 2.92. The second-order valence-electron chi connectivity index (χ2n) is 3.17. The molecule has 100 valence electrons. The summed E-state index contributed by atoms with van der Waals surface area (Å²) in [5.41, 5.74) is 0. The summed E-state index contributed by atoms with van der Waals surface area (Å²) in [4.78, 5) is -1.17. The molecule has 0 radical (unpaired) electrons. The first kappa shape index (κ1) is 15.1. The topological polar surface area (TPSA) is 80.3 Å². The highest BCUT2D eigenvalue weighted by Gasteiger charge is 2.21. The van der Waals surface area contributed by atoms with Crippen molar-refractivity contribution in [3.05, 3.63) is 36.7 Å². The second kappa shape index (κ2) is 5.35. The Morgan fingerprint density at radius 3 is 2.39 bits per heavy atom. The highest BCUT2D eigenvalue weighted by molar-refractivity contribution is 8.13. The molecule has 0 atom stereocenters. The van der Waals surface area contributed by atoms with E-state index in [4.69, 9.17) is 10.7 Å². The van der Waals surface area contributed by atoms with Gasteiger partial charge in [-0.2, -0.15) is 0 Å². The summed E-state index contributed by atoms with van der Waals surface area (Å²) in [5.74, 6) is -1.20. The fourth-order valence-electron chi connectivity index (χ4n) is 1.10. The molecule has 5 nitrogen and oxygen atoms in total. The molecule has 0 aromatic heterocycles. The zero-order valence-corrected chi connectivity index (χ0v) is 11.3. The van der Waals surface area contributed by atoms with Crippen LogP contribution >= 0.6 is 10.7 Å². The summed E-state index contributed by atoms with van der Waals surface area (Å²) < 4.78 is 60.7. The smallest absolute Gasteiger partial charge is 0.207 e. The summed E-state index contributed by atoms with van der Waals surface area (Å²) in [7, 11) is -3.15. The van der Waals surface area contributed by atoms with Crippen LogP contribution < -0.4 is 4.72 Å². The first-order valence-electron chi connectivity index (χ1n) is 4.53. The first-order chi connectivity index (χ1) is 8.18. The van der Waals surface area contributed by atoms with Crippen molar-refractivity contribution in [3.63, 3.8) is 0 Å². The van der Waals surface area contributed by atoms with Gasteiger partial charge in [-0.3, -0.25) is 0 Å². The van der Waals surface area contributed by atoms with E-state index in [-0.39, 0.29) is 6.54 Å². The van der Waals surface area contributed by atoms with E-state index in [1.165, 1.54) is 6.08 Å². The Morgan fingerprint density at radius 1 is 1.33 bits per heavy atom. The van der Waals surface area contributed by atoms with Gasteiger partial charge in [0.2, 0.25) is 10.0 Å². The molecule has 0 amide bonds. The molecule has 0 heterocycles. The number of hydrogen-bond donors (Lipinski definition) is 1. The molecule has 0 fully saturated rings. The minimum absolute atomic E-state index is 0.0721. The predicted octanol–water partition coefficient (Wildman–Crippen LogP) is 1.22. The van der Waals surface area contributed by atoms with Crippen LogP contribution in [0.2, 0.25) is 0 Å². The quantitative estimate of drug-likeness (QED) is 0.654. The van der Waals surface area contributed by atoms with Gasteiger partial charge in [0.15, 0.2) is 0 Å². The summed E-state index contributed by atoms with van der Waals surface area (Å²) in [5, 5.41) is 0. The van der Waals surface area contributed by atoms with Crippen LogP contribution in [-0.4, -0.2) is 23.4 Å². The third-order valence-corrected chi connectivity index (χ3v) is 4.70. The van der Waals surface area contributed by atoms with Crippen molar-refractivity contribution in [2.24, 2.45) is 0 Å². The van der Waals surface area contributed by atoms with Crippen molar-refractivity contribution in [2.75, 3.05) is 6.54 Å². The zero-order chi connectivity index (χ0) is 14.0. The maximum atomic E-state index is 13.5. The molecule has 9 heteroatoms. The van der Waals surface area contributed by atoms with Gasteiger partial charge in [0.1, 0.15) is 10.7 Å². The molecule has 0 aliphatic rings. The Bertz CT molecular complexity index is 670. The van der Waals surface area contributed by atoms with E-state index in [9.17, 15) is 21.2 Å². The van der Waals surface area contributed by atoms with Gasteiger partial charge in [0.05, 0.1) is 4.90 Å². The van der Waals surface area contributed by atoms with Gasteiger partial charge in [0.25, 0.3) is 9.05 Å². The molecule has 1 N–H and O–H groups in total. The number of halogens is 2. The number of sulfonamides is 1. The van der Waals surface area contributed by atoms with E-state index in [0.717, 1.165) is 12.1 Å².